The van der Waals surface area contributed by atoms with Crippen molar-refractivity contribution in [2.45, 2.75) is 6.61 Å². The molecule has 14 heavy (non-hydrogen) atoms. The average Bonchev–Trinajstić information content (AvgIpc) is 2.26. The van der Waals surface area contributed by atoms with Gasteiger partial charge in [-0.15, -0.1) is 0 Å². The molecule has 1 radical (unpaired) electrons. The molecule has 0 aliphatic heterocycles. The highest BCUT2D eigenvalue weighted by Crippen LogP contribution is 2.00. The van der Waals surface area contributed by atoms with Gasteiger partial charge in [-0.05, 0) is 5.56 Å². The monoisotopic (exact) mass is 192 g/mol. The molecule has 4 nitrogen and oxygen atoms in total. The lowest BCUT2D eigenvalue weighted by molar-refractivity contribution is -0.154. The smallest absolute Gasteiger partial charge is 0.376 e. The summed E-state index contributed by atoms with van der Waals surface area (Å²) in [6.07, 6.45) is 0. The van der Waals surface area contributed by atoms with E-state index in [1.807, 2.05) is 18.2 Å². The number of esters is 1. The maximum absolute atomic E-state index is 10.9. The number of carbonyl (C=O) groups is 2. The lowest BCUT2D eigenvalue weighted by Gasteiger charge is -2.02. The summed E-state index contributed by atoms with van der Waals surface area (Å²) in [6, 6.07) is 9.06. The average molecular weight is 192 g/mol. The van der Waals surface area contributed by atoms with Gasteiger partial charge in [0.2, 0.25) is 0 Å². The second-order valence-electron chi connectivity index (χ2n) is 2.66. The molecule has 4 heteroatoms. The zero-order valence-corrected chi connectivity index (χ0v) is 7.53. The van der Waals surface area contributed by atoms with Crippen LogP contribution in [0.5, 0.6) is 0 Å². The third kappa shape index (κ3) is 2.99. The molecule has 0 aromatic heterocycles. The fourth-order valence-electron chi connectivity index (χ4n) is 0.876. The van der Waals surface area contributed by atoms with Gasteiger partial charge in [0.05, 0.1) is 6.54 Å². The predicted molar refractivity (Wildman–Crippen MR) is 49.2 cm³/mol. The standard InChI is InChI=1S/C10H10NO3/c11-6-9(12)10(13)14-7-8-4-2-1-3-5-8/h1-5,11H,6-7H2. The highest BCUT2D eigenvalue weighted by molar-refractivity contribution is 6.34. The molecule has 0 fully saturated rings. The third-order valence-electron chi connectivity index (χ3n) is 1.60. The Morgan fingerprint density at radius 2 is 1.86 bits per heavy atom. The first-order valence-corrected chi connectivity index (χ1v) is 4.12. The number of benzene rings is 1. The van der Waals surface area contributed by atoms with E-state index in [-0.39, 0.29) is 6.61 Å². The maximum atomic E-state index is 10.9. The first-order chi connectivity index (χ1) is 6.74. The van der Waals surface area contributed by atoms with Crippen LogP contribution in [0.4, 0.5) is 0 Å². The summed E-state index contributed by atoms with van der Waals surface area (Å²) in [5.41, 5.74) is 7.49. The van der Waals surface area contributed by atoms with Crippen LogP contribution in [0.25, 0.3) is 0 Å². The van der Waals surface area contributed by atoms with Crippen molar-refractivity contribution in [2.75, 3.05) is 6.54 Å². The summed E-state index contributed by atoms with van der Waals surface area (Å²) in [7, 11) is 0. The molecular formula is C10H10NO3. The second kappa shape index (κ2) is 5.14. The molecule has 0 atom stereocenters. The molecule has 0 spiro atoms. The van der Waals surface area contributed by atoms with Crippen molar-refractivity contribution in [1.82, 2.24) is 5.73 Å². The lowest BCUT2D eigenvalue weighted by atomic mass is 10.2. The Hall–Kier alpha value is -1.68. The first-order valence-electron chi connectivity index (χ1n) is 4.12. The number of hydrogen-bond acceptors (Lipinski definition) is 3. The van der Waals surface area contributed by atoms with E-state index < -0.39 is 18.3 Å². The SMILES string of the molecule is [NH]CC(=O)C(=O)OCc1ccccc1. The van der Waals surface area contributed by atoms with Crippen LogP contribution in [-0.4, -0.2) is 18.3 Å². The van der Waals surface area contributed by atoms with Gasteiger partial charge >= 0.3 is 5.97 Å². The molecule has 0 bridgehead atoms. The molecule has 0 heterocycles. The van der Waals surface area contributed by atoms with Crippen LogP contribution in [0.2, 0.25) is 0 Å². The van der Waals surface area contributed by atoms with Crippen LogP contribution in [0.1, 0.15) is 5.56 Å². The van der Waals surface area contributed by atoms with Crippen molar-refractivity contribution in [1.29, 1.82) is 0 Å². The highest BCUT2D eigenvalue weighted by Gasteiger charge is 2.12. The van der Waals surface area contributed by atoms with E-state index in [2.05, 4.69) is 4.74 Å². The van der Waals surface area contributed by atoms with Crippen LogP contribution < -0.4 is 5.73 Å². The highest BCUT2D eigenvalue weighted by atomic mass is 16.5. The van der Waals surface area contributed by atoms with Gasteiger partial charge in [0.15, 0.2) is 0 Å². The number of nitrogens with one attached hydrogen (secondary N) is 1. The topological polar surface area (TPSA) is 67.2 Å². The van der Waals surface area contributed by atoms with Gasteiger partial charge in [-0.2, -0.15) is 0 Å². The molecule has 0 saturated carbocycles. The largest absolute Gasteiger partial charge is 0.455 e. The number of ketones is 1. The minimum atomic E-state index is -0.941. The maximum Gasteiger partial charge on any atom is 0.376 e. The van der Waals surface area contributed by atoms with E-state index in [0.29, 0.717) is 0 Å². The van der Waals surface area contributed by atoms with Crippen LogP contribution >= 0.6 is 0 Å². The molecule has 0 aliphatic carbocycles. The van der Waals surface area contributed by atoms with Crippen LogP contribution in [0.15, 0.2) is 30.3 Å². The Morgan fingerprint density at radius 3 is 2.43 bits per heavy atom. The van der Waals surface area contributed by atoms with Crippen molar-refractivity contribution in [3.05, 3.63) is 35.9 Å². The Morgan fingerprint density at radius 1 is 1.21 bits per heavy atom. The van der Waals surface area contributed by atoms with Crippen molar-refractivity contribution < 1.29 is 14.3 Å². The van der Waals surface area contributed by atoms with Crippen molar-refractivity contribution >= 4 is 11.8 Å². The van der Waals surface area contributed by atoms with E-state index in [9.17, 15) is 9.59 Å². The van der Waals surface area contributed by atoms with Crippen molar-refractivity contribution in [2.24, 2.45) is 0 Å². The fraction of sp³-hybridized carbons (Fsp3) is 0.200. The van der Waals surface area contributed by atoms with Gasteiger partial charge < -0.3 is 4.74 Å². The number of hydrogen-bond donors (Lipinski definition) is 0. The van der Waals surface area contributed by atoms with Crippen LogP contribution in [-0.2, 0) is 20.9 Å². The summed E-state index contributed by atoms with van der Waals surface area (Å²) >= 11 is 0. The van der Waals surface area contributed by atoms with Gasteiger partial charge in [0.1, 0.15) is 6.61 Å². The van der Waals surface area contributed by atoms with Gasteiger partial charge in [-0.25, -0.2) is 10.5 Å². The van der Waals surface area contributed by atoms with Gasteiger partial charge in [0.25, 0.3) is 5.78 Å². The summed E-state index contributed by atoms with van der Waals surface area (Å²) in [5, 5.41) is 0. The van der Waals surface area contributed by atoms with Crippen LogP contribution in [0.3, 0.4) is 0 Å². The molecule has 0 amide bonds. The van der Waals surface area contributed by atoms with E-state index >= 15 is 0 Å². The molecule has 0 saturated heterocycles. The normalized spacial score (nSPS) is 9.50. The molecule has 1 aromatic rings. The quantitative estimate of drug-likeness (QED) is 0.517. The Labute approximate surface area is 81.7 Å². The molecule has 73 valence electrons. The zero-order chi connectivity index (χ0) is 10.4. The van der Waals surface area contributed by atoms with E-state index in [1.165, 1.54) is 0 Å². The van der Waals surface area contributed by atoms with Gasteiger partial charge in [0, 0.05) is 0 Å². The molecule has 0 aliphatic rings. The second-order valence-corrected chi connectivity index (χ2v) is 2.66. The molecule has 0 unspecified atom stereocenters. The Bertz CT molecular complexity index is 321. The third-order valence-corrected chi connectivity index (χ3v) is 1.60. The van der Waals surface area contributed by atoms with Gasteiger partial charge in [-0.1, -0.05) is 30.3 Å². The Balaban J connectivity index is 2.42. The Kier molecular flexibility index (Phi) is 3.82. The number of carbonyl (C=O) groups excluding carboxylic acids is 2. The van der Waals surface area contributed by atoms with E-state index in [0.717, 1.165) is 5.56 Å². The lowest BCUT2D eigenvalue weighted by Crippen LogP contribution is -2.21. The fourth-order valence-corrected chi connectivity index (χ4v) is 0.876. The zero-order valence-electron chi connectivity index (χ0n) is 7.53. The number of rotatable bonds is 4. The minimum Gasteiger partial charge on any atom is -0.455 e. The molecule has 1 N–H and O–H groups in total. The summed E-state index contributed by atoms with van der Waals surface area (Å²) < 4.78 is 4.67. The molecule has 1 aromatic carbocycles. The summed E-state index contributed by atoms with van der Waals surface area (Å²) in [6.45, 7) is -0.487. The minimum absolute atomic E-state index is 0.0748. The first kappa shape index (κ1) is 10.4. The summed E-state index contributed by atoms with van der Waals surface area (Å²) in [5.74, 6) is -1.76. The predicted octanol–water partition coefficient (Wildman–Crippen LogP) is 0.582. The van der Waals surface area contributed by atoms with Gasteiger partial charge in [-0.3, -0.25) is 4.79 Å². The molecular weight excluding hydrogens is 182 g/mol. The van der Waals surface area contributed by atoms with Crippen molar-refractivity contribution in [3.8, 4) is 0 Å². The van der Waals surface area contributed by atoms with E-state index in [4.69, 9.17) is 5.73 Å². The van der Waals surface area contributed by atoms with Crippen LogP contribution in [0, 0.1) is 0 Å². The summed E-state index contributed by atoms with van der Waals surface area (Å²) in [4.78, 5) is 21.5. The number of ether oxygens (including phenoxy) is 1. The van der Waals surface area contributed by atoms with E-state index in [1.54, 1.807) is 12.1 Å². The molecule has 1 rings (SSSR count). The number of Topliss-reactive ketones (excluding diaryl/α,β-unsaturated/α-hetero) is 1. The van der Waals surface area contributed by atoms with Crippen molar-refractivity contribution in [3.63, 3.8) is 0 Å².